The van der Waals surface area contributed by atoms with Crippen molar-refractivity contribution in [1.82, 2.24) is 0 Å². The minimum atomic E-state index is 0.615. The minimum absolute atomic E-state index is 0.615. The molecule has 0 heteroatoms. The van der Waals surface area contributed by atoms with Gasteiger partial charge in [0.1, 0.15) is 0 Å². The number of hydrogen-bond acceptors (Lipinski definition) is 0. The maximum atomic E-state index is 6.84. The van der Waals surface area contributed by atoms with Crippen molar-refractivity contribution in [2.75, 3.05) is 0 Å². The van der Waals surface area contributed by atoms with Crippen LogP contribution in [0.25, 0.3) is 0 Å². The zero-order valence-corrected chi connectivity index (χ0v) is 5.24. The van der Waals surface area contributed by atoms with Crippen LogP contribution in [0.2, 0.25) is 0 Å². The van der Waals surface area contributed by atoms with Gasteiger partial charge >= 0.3 is 0 Å². The second kappa shape index (κ2) is 6.00. The SMILES string of the molecule is [3H]CCCCCCC. The van der Waals surface area contributed by atoms with E-state index in [-0.39, 0.29) is 0 Å². The molecule has 0 aliphatic heterocycles. The third kappa shape index (κ3) is 6.00. The quantitative estimate of drug-likeness (QED) is 0.479. The third-order valence-corrected chi connectivity index (χ3v) is 1.10. The first-order chi connectivity index (χ1) is 3.91. The van der Waals surface area contributed by atoms with E-state index < -0.39 is 0 Å². The molecule has 7 heavy (non-hydrogen) atoms. The van der Waals surface area contributed by atoms with E-state index in [0.717, 1.165) is 6.42 Å². The molecule has 0 heterocycles. The van der Waals surface area contributed by atoms with Crippen molar-refractivity contribution < 1.29 is 1.37 Å². The highest BCUT2D eigenvalue weighted by atomic mass is 13.9. The van der Waals surface area contributed by atoms with Gasteiger partial charge in [-0.05, 0) is 0 Å². The molecule has 0 fully saturated rings. The van der Waals surface area contributed by atoms with Crippen molar-refractivity contribution in [1.29, 1.82) is 0 Å². The summed E-state index contributed by atoms with van der Waals surface area (Å²) < 4.78 is 6.84. The predicted octanol–water partition coefficient (Wildman–Crippen LogP) is 2.98. The zero-order chi connectivity index (χ0) is 6.24. The first-order valence-electron chi connectivity index (χ1n) is 3.91. The van der Waals surface area contributed by atoms with Crippen LogP contribution >= 0.6 is 0 Å². The highest BCUT2D eigenvalue weighted by molar-refractivity contribution is 4.35. The molecule has 0 spiro atoms. The number of unbranched alkanes of at least 4 members (excludes halogenated alkanes) is 4. The van der Waals surface area contributed by atoms with Gasteiger partial charge in [-0.25, -0.2) is 0 Å². The predicted molar refractivity (Wildman–Crippen MR) is 34.4 cm³/mol. The Hall–Kier alpha value is 0. The van der Waals surface area contributed by atoms with E-state index in [0.29, 0.717) is 6.90 Å². The molecule has 0 bridgehead atoms. The van der Waals surface area contributed by atoms with Gasteiger partial charge in [-0.3, -0.25) is 0 Å². The summed E-state index contributed by atoms with van der Waals surface area (Å²) in [6.07, 6.45) is 6.34. The summed E-state index contributed by atoms with van der Waals surface area (Å²) in [6, 6.07) is 0. The van der Waals surface area contributed by atoms with Gasteiger partial charge in [0.15, 0.2) is 0 Å². The van der Waals surface area contributed by atoms with E-state index in [9.17, 15) is 0 Å². The van der Waals surface area contributed by atoms with Crippen LogP contribution in [0.3, 0.4) is 0 Å². The fourth-order valence-electron chi connectivity index (χ4n) is 0.604. The Kier molecular flexibility index (Phi) is 4.41. The Bertz CT molecular complexity index is 29.4. The molecule has 0 saturated heterocycles. The summed E-state index contributed by atoms with van der Waals surface area (Å²) in [5.41, 5.74) is 0. The lowest BCUT2D eigenvalue weighted by Gasteiger charge is -1.90. The molecule has 0 saturated carbocycles. The van der Waals surface area contributed by atoms with Gasteiger partial charge in [0.2, 0.25) is 0 Å². The second-order valence-corrected chi connectivity index (χ2v) is 1.91. The van der Waals surface area contributed by atoms with Crippen LogP contribution in [0.5, 0.6) is 0 Å². The standard InChI is InChI=1S/C7H16/c1-3-5-7-6-4-2/h3-7H2,1-2H3/i1T. The Morgan fingerprint density at radius 3 is 2.43 bits per heavy atom. The summed E-state index contributed by atoms with van der Waals surface area (Å²) in [4.78, 5) is 0. The lowest BCUT2D eigenvalue weighted by atomic mass is 10.2. The van der Waals surface area contributed by atoms with Gasteiger partial charge in [-0.1, -0.05) is 45.9 Å². The van der Waals surface area contributed by atoms with E-state index >= 15 is 0 Å². The first-order valence-corrected chi connectivity index (χ1v) is 3.21. The van der Waals surface area contributed by atoms with Crippen molar-refractivity contribution in [3.63, 3.8) is 0 Å². The Morgan fingerprint density at radius 2 is 1.86 bits per heavy atom. The fraction of sp³-hybridized carbons (Fsp3) is 1.00. The van der Waals surface area contributed by atoms with Gasteiger partial charge in [0.25, 0.3) is 0 Å². The summed E-state index contributed by atoms with van der Waals surface area (Å²) >= 11 is 0. The monoisotopic (exact) mass is 102 g/mol. The largest absolute Gasteiger partial charge is 0.0654 e. The smallest absolute Gasteiger partial charge is 0.0230 e. The molecule has 0 amide bonds. The fourth-order valence-corrected chi connectivity index (χ4v) is 0.604. The van der Waals surface area contributed by atoms with Crippen molar-refractivity contribution in [3.05, 3.63) is 0 Å². The average molecular weight is 102 g/mol. The summed E-state index contributed by atoms with van der Waals surface area (Å²) in [7, 11) is 0. The van der Waals surface area contributed by atoms with Gasteiger partial charge in [0, 0.05) is 1.37 Å². The lowest BCUT2D eigenvalue weighted by molar-refractivity contribution is 0.656. The maximum Gasteiger partial charge on any atom is 0.0230 e. The maximum absolute atomic E-state index is 6.84. The van der Waals surface area contributed by atoms with E-state index in [1.54, 1.807) is 0 Å². The van der Waals surface area contributed by atoms with Crippen LogP contribution in [-0.2, 0) is 0 Å². The molecule has 0 aliphatic carbocycles. The Labute approximate surface area is 48.3 Å². The van der Waals surface area contributed by atoms with E-state index in [2.05, 4.69) is 6.92 Å². The normalized spacial score (nSPS) is 11.3. The van der Waals surface area contributed by atoms with Gasteiger partial charge in [-0.15, -0.1) is 0 Å². The highest BCUT2D eigenvalue weighted by Crippen LogP contribution is 2.00. The molecule has 0 nitrogen and oxygen atoms in total. The number of rotatable bonds is 4. The van der Waals surface area contributed by atoms with Crippen molar-refractivity contribution in [3.8, 4) is 0 Å². The molecule has 0 aliphatic rings. The van der Waals surface area contributed by atoms with Crippen LogP contribution in [0.4, 0.5) is 0 Å². The molecule has 0 unspecified atom stereocenters. The topological polar surface area (TPSA) is 0 Å². The van der Waals surface area contributed by atoms with Crippen LogP contribution in [0, 0.1) is 0 Å². The van der Waals surface area contributed by atoms with Crippen LogP contribution in [0.15, 0.2) is 0 Å². The number of hydrogen-bond donors (Lipinski definition) is 0. The molecular weight excluding hydrogens is 84.1 g/mol. The average Bonchev–Trinajstić information content (AvgIpc) is 1.81. The molecule has 0 aromatic carbocycles. The molecule has 0 aromatic heterocycles. The summed E-state index contributed by atoms with van der Waals surface area (Å²) in [5.74, 6) is 0. The van der Waals surface area contributed by atoms with E-state index in [1.165, 1.54) is 25.7 Å². The van der Waals surface area contributed by atoms with Crippen LogP contribution in [0.1, 0.15) is 47.3 Å². The van der Waals surface area contributed by atoms with Crippen LogP contribution in [-0.4, -0.2) is 0 Å². The summed E-state index contributed by atoms with van der Waals surface area (Å²) in [6.45, 7) is 2.82. The molecular formula is C7H16. The molecule has 0 radical (unpaired) electrons. The van der Waals surface area contributed by atoms with Crippen molar-refractivity contribution in [2.45, 2.75) is 45.9 Å². The molecule has 0 atom stereocenters. The first kappa shape index (κ1) is 5.14. The van der Waals surface area contributed by atoms with Crippen LogP contribution < -0.4 is 0 Å². The van der Waals surface area contributed by atoms with Gasteiger partial charge in [0.05, 0.1) is 0 Å². The minimum Gasteiger partial charge on any atom is -0.0654 e. The van der Waals surface area contributed by atoms with Gasteiger partial charge < -0.3 is 0 Å². The van der Waals surface area contributed by atoms with E-state index in [1.807, 2.05) is 0 Å². The van der Waals surface area contributed by atoms with Crippen molar-refractivity contribution in [2.24, 2.45) is 0 Å². The molecule has 0 aromatic rings. The lowest BCUT2D eigenvalue weighted by Crippen LogP contribution is -1.70. The van der Waals surface area contributed by atoms with Gasteiger partial charge in [-0.2, -0.15) is 0 Å². The Balaban J connectivity index is 2.53. The highest BCUT2D eigenvalue weighted by Gasteiger charge is 1.80. The second-order valence-electron chi connectivity index (χ2n) is 1.91. The molecule has 44 valence electrons. The molecule has 0 rings (SSSR count). The zero-order valence-electron chi connectivity index (χ0n) is 6.24. The Morgan fingerprint density at radius 1 is 1.14 bits per heavy atom. The summed E-state index contributed by atoms with van der Waals surface area (Å²) in [5, 5.41) is 0. The van der Waals surface area contributed by atoms with E-state index in [4.69, 9.17) is 1.37 Å². The molecule has 0 N–H and O–H groups in total. The third-order valence-electron chi connectivity index (χ3n) is 1.10. The van der Waals surface area contributed by atoms with Crippen molar-refractivity contribution >= 4 is 0 Å².